The second kappa shape index (κ2) is 5.49. The Morgan fingerprint density at radius 1 is 1.47 bits per heavy atom. The van der Waals surface area contributed by atoms with Gasteiger partial charge in [-0.25, -0.2) is 4.98 Å². The Labute approximate surface area is 95.8 Å². The average Bonchev–Trinajstić information content (AvgIpc) is 2.54. The van der Waals surface area contributed by atoms with Crippen molar-refractivity contribution in [2.24, 2.45) is 5.73 Å². The molecule has 3 N–H and O–H groups in total. The van der Waals surface area contributed by atoms with Crippen LogP contribution >= 0.6 is 11.6 Å². The molecule has 0 aliphatic carbocycles. The van der Waals surface area contributed by atoms with E-state index in [1.165, 1.54) is 0 Å². The molecule has 1 heterocycles. The summed E-state index contributed by atoms with van der Waals surface area (Å²) >= 11 is 6.05. The third-order valence-electron chi connectivity index (χ3n) is 2.61. The fourth-order valence-corrected chi connectivity index (χ4v) is 2.12. The number of imidazole rings is 1. The molecular weight excluding hydrogens is 212 g/mol. The van der Waals surface area contributed by atoms with Crippen molar-refractivity contribution in [1.29, 1.82) is 0 Å². The highest BCUT2D eigenvalue weighted by Gasteiger charge is 2.21. The number of hydrogen-bond donors (Lipinski definition) is 2. The van der Waals surface area contributed by atoms with Gasteiger partial charge in [0.2, 0.25) is 0 Å². The number of nitrogens with two attached hydrogens (primary N) is 1. The molecule has 15 heavy (non-hydrogen) atoms. The topological polar surface area (TPSA) is 57.9 Å². The zero-order valence-corrected chi connectivity index (χ0v) is 10.3. The molecule has 1 aromatic heterocycles. The van der Waals surface area contributed by atoms with Gasteiger partial charge in [-0.2, -0.15) is 0 Å². The number of nitrogens with one attached hydrogen (secondary N) is 1. The Morgan fingerprint density at radius 3 is 2.40 bits per heavy atom. The molecule has 0 saturated heterocycles. The predicted molar refractivity (Wildman–Crippen MR) is 63.1 cm³/mol. The van der Waals surface area contributed by atoms with Crippen LogP contribution in [0.5, 0.6) is 0 Å². The number of H-pyrrole nitrogens is 1. The zero-order chi connectivity index (χ0) is 11.4. The number of aromatic amines is 1. The number of halogens is 1. The summed E-state index contributed by atoms with van der Waals surface area (Å²) in [7, 11) is 0. The molecular formula is C10H19ClN4. The van der Waals surface area contributed by atoms with Crippen molar-refractivity contribution in [3.8, 4) is 0 Å². The number of rotatable bonds is 5. The van der Waals surface area contributed by atoms with E-state index in [0.29, 0.717) is 11.7 Å². The van der Waals surface area contributed by atoms with E-state index in [1.54, 1.807) is 0 Å². The molecule has 1 atom stereocenters. The minimum absolute atomic E-state index is 0.133. The Bertz CT molecular complexity index is 306. The van der Waals surface area contributed by atoms with Crippen LogP contribution < -0.4 is 5.73 Å². The van der Waals surface area contributed by atoms with Gasteiger partial charge < -0.3 is 10.7 Å². The van der Waals surface area contributed by atoms with E-state index in [4.69, 9.17) is 17.3 Å². The molecule has 4 nitrogen and oxygen atoms in total. The maximum Gasteiger partial charge on any atom is 0.152 e. The first kappa shape index (κ1) is 12.5. The molecule has 86 valence electrons. The summed E-state index contributed by atoms with van der Waals surface area (Å²) in [6.45, 7) is 8.57. The molecule has 0 amide bonds. The van der Waals surface area contributed by atoms with Crippen molar-refractivity contribution in [3.05, 3.63) is 16.7 Å². The monoisotopic (exact) mass is 230 g/mol. The highest BCUT2D eigenvalue weighted by Crippen LogP contribution is 2.24. The van der Waals surface area contributed by atoms with Crippen LogP contribution in [0.15, 0.2) is 0 Å². The van der Waals surface area contributed by atoms with Crippen molar-refractivity contribution in [1.82, 2.24) is 14.9 Å². The molecule has 5 heteroatoms. The summed E-state index contributed by atoms with van der Waals surface area (Å²) in [5, 5.41) is 0.537. The Morgan fingerprint density at radius 2 is 2.07 bits per heavy atom. The van der Waals surface area contributed by atoms with Crippen LogP contribution in [0.2, 0.25) is 5.15 Å². The Balaban J connectivity index is 2.95. The van der Waals surface area contributed by atoms with Crippen LogP contribution in [0.25, 0.3) is 0 Å². The van der Waals surface area contributed by atoms with Gasteiger partial charge in [-0.15, -0.1) is 0 Å². The molecule has 0 bridgehead atoms. The first-order chi connectivity index (χ1) is 7.13. The molecule has 0 saturated carbocycles. The number of aromatic nitrogens is 2. The van der Waals surface area contributed by atoms with Crippen molar-refractivity contribution in [2.75, 3.05) is 19.6 Å². The molecule has 1 unspecified atom stereocenters. The van der Waals surface area contributed by atoms with Crippen LogP contribution in [0.4, 0.5) is 0 Å². The minimum atomic E-state index is 0.133. The van der Waals surface area contributed by atoms with Gasteiger partial charge in [0, 0.05) is 6.54 Å². The third-order valence-corrected chi connectivity index (χ3v) is 2.90. The lowest BCUT2D eigenvalue weighted by Crippen LogP contribution is -2.33. The molecule has 0 aliphatic heterocycles. The van der Waals surface area contributed by atoms with Gasteiger partial charge in [-0.3, -0.25) is 4.90 Å². The molecule has 0 radical (unpaired) electrons. The number of likely N-dealkylation sites (N-methyl/N-ethyl adjacent to an activating group) is 1. The molecule has 0 fully saturated rings. The molecule has 0 aliphatic rings. The normalized spacial score (nSPS) is 13.5. The molecule has 0 aromatic carbocycles. The SMILES string of the molecule is CCN(CC)C(CN)c1[nH]c(C)nc1Cl. The highest BCUT2D eigenvalue weighted by molar-refractivity contribution is 6.30. The van der Waals surface area contributed by atoms with Crippen LogP contribution in [0.1, 0.15) is 31.4 Å². The number of hydrogen-bond acceptors (Lipinski definition) is 3. The summed E-state index contributed by atoms with van der Waals surface area (Å²) in [5.74, 6) is 0.834. The van der Waals surface area contributed by atoms with Crippen LogP contribution in [-0.4, -0.2) is 34.5 Å². The summed E-state index contributed by atoms with van der Waals surface area (Å²) in [5.41, 5.74) is 6.72. The maximum absolute atomic E-state index is 6.05. The van der Waals surface area contributed by atoms with E-state index in [-0.39, 0.29) is 6.04 Å². The van der Waals surface area contributed by atoms with E-state index in [1.807, 2.05) is 6.92 Å². The highest BCUT2D eigenvalue weighted by atomic mass is 35.5. The summed E-state index contributed by atoms with van der Waals surface area (Å²) in [6, 6.07) is 0.133. The molecule has 0 spiro atoms. The van der Waals surface area contributed by atoms with Crippen molar-refractivity contribution < 1.29 is 0 Å². The summed E-state index contributed by atoms with van der Waals surface area (Å²) in [4.78, 5) is 9.60. The number of aryl methyl sites for hydroxylation is 1. The summed E-state index contributed by atoms with van der Waals surface area (Å²) < 4.78 is 0. The van der Waals surface area contributed by atoms with E-state index in [0.717, 1.165) is 24.6 Å². The maximum atomic E-state index is 6.05. The van der Waals surface area contributed by atoms with Crippen LogP contribution in [-0.2, 0) is 0 Å². The van der Waals surface area contributed by atoms with E-state index >= 15 is 0 Å². The Hall–Kier alpha value is -0.580. The van der Waals surface area contributed by atoms with Crippen molar-refractivity contribution in [2.45, 2.75) is 26.8 Å². The quantitative estimate of drug-likeness (QED) is 0.810. The lowest BCUT2D eigenvalue weighted by Gasteiger charge is -2.27. The van der Waals surface area contributed by atoms with Gasteiger partial charge in [0.05, 0.1) is 11.7 Å². The fraction of sp³-hybridized carbons (Fsp3) is 0.700. The number of nitrogens with zero attached hydrogens (tertiary/aromatic N) is 2. The molecule has 1 rings (SSSR count). The smallest absolute Gasteiger partial charge is 0.152 e. The second-order valence-electron chi connectivity index (χ2n) is 3.50. The van der Waals surface area contributed by atoms with Crippen molar-refractivity contribution >= 4 is 11.6 Å². The predicted octanol–water partition coefficient (Wildman–Crippen LogP) is 1.71. The van der Waals surface area contributed by atoms with Gasteiger partial charge in [-0.05, 0) is 20.0 Å². The minimum Gasteiger partial charge on any atom is -0.343 e. The standard InChI is InChI=1S/C10H19ClN4/c1-4-15(5-2)8(6-12)9-10(11)14-7(3)13-9/h8H,4-6,12H2,1-3H3,(H,13,14). The molecule has 1 aromatic rings. The van der Waals surface area contributed by atoms with Crippen LogP contribution in [0, 0.1) is 6.92 Å². The van der Waals surface area contributed by atoms with Gasteiger partial charge in [0.1, 0.15) is 5.82 Å². The zero-order valence-electron chi connectivity index (χ0n) is 9.55. The Kier molecular flexibility index (Phi) is 4.57. The lowest BCUT2D eigenvalue weighted by atomic mass is 10.2. The average molecular weight is 231 g/mol. The van der Waals surface area contributed by atoms with Gasteiger partial charge in [0.15, 0.2) is 5.15 Å². The fourth-order valence-electron chi connectivity index (χ4n) is 1.82. The second-order valence-corrected chi connectivity index (χ2v) is 3.86. The lowest BCUT2D eigenvalue weighted by molar-refractivity contribution is 0.220. The first-order valence-corrected chi connectivity index (χ1v) is 5.67. The summed E-state index contributed by atoms with van der Waals surface area (Å²) in [6.07, 6.45) is 0. The van der Waals surface area contributed by atoms with Gasteiger partial charge >= 0.3 is 0 Å². The first-order valence-electron chi connectivity index (χ1n) is 5.30. The van der Waals surface area contributed by atoms with E-state index in [2.05, 4.69) is 28.7 Å². The van der Waals surface area contributed by atoms with Crippen LogP contribution in [0.3, 0.4) is 0 Å². The van der Waals surface area contributed by atoms with Crippen molar-refractivity contribution in [3.63, 3.8) is 0 Å². The van der Waals surface area contributed by atoms with E-state index in [9.17, 15) is 0 Å². The third kappa shape index (κ3) is 2.71. The van der Waals surface area contributed by atoms with E-state index < -0.39 is 0 Å². The van der Waals surface area contributed by atoms with Gasteiger partial charge in [0.25, 0.3) is 0 Å². The van der Waals surface area contributed by atoms with Gasteiger partial charge in [-0.1, -0.05) is 25.4 Å². The largest absolute Gasteiger partial charge is 0.343 e.